The third-order valence-electron chi connectivity index (χ3n) is 2.70. The first-order chi connectivity index (χ1) is 8.00. The number of nitrogens with zero attached hydrogens (tertiary/aromatic N) is 4. The van der Waals surface area contributed by atoms with Crippen molar-refractivity contribution in [3.63, 3.8) is 0 Å². The molecule has 0 aliphatic carbocycles. The Balaban J connectivity index is 2.51. The predicted molar refractivity (Wildman–Crippen MR) is 52.3 cm³/mol. The van der Waals surface area contributed by atoms with Gasteiger partial charge in [0.15, 0.2) is 5.52 Å². The van der Waals surface area contributed by atoms with E-state index in [-0.39, 0.29) is 0 Å². The zero-order valence-electron chi connectivity index (χ0n) is 8.81. The maximum absolute atomic E-state index is 12.8. The Morgan fingerprint density at radius 3 is 2.76 bits per heavy atom. The maximum atomic E-state index is 12.8. The van der Waals surface area contributed by atoms with Crippen LogP contribution in [0.15, 0.2) is 30.6 Å². The first kappa shape index (κ1) is 10.1. The van der Waals surface area contributed by atoms with Crippen molar-refractivity contribution in [1.82, 2.24) is 14.2 Å². The van der Waals surface area contributed by atoms with Gasteiger partial charge in [0.25, 0.3) is 0 Å². The van der Waals surface area contributed by atoms with Crippen LogP contribution in [0.25, 0.3) is 11.2 Å². The summed E-state index contributed by atoms with van der Waals surface area (Å²) >= 11 is 0. The van der Waals surface area contributed by atoms with Crippen LogP contribution in [0.4, 0.5) is 13.2 Å². The monoisotopic (exact) mass is 241 g/mol. The standard InChI is InChI=1S/C10H8F3N4/c1-15-7-3-2-5-14-9(7)16-6-4-8(17(15)16)10(11,12)13/h2-6H,1H3/q+1. The average Bonchev–Trinajstić information content (AvgIpc) is 2.80. The maximum Gasteiger partial charge on any atom is 0.483 e. The van der Waals surface area contributed by atoms with E-state index in [1.54, 1.807) is 25.4 Å². The van der Waals surface area contributed by atoms with Gasteiger partial charge in [-0.15, -0.1) is 4.68 Å². The normalized spacial score (nSPS) is 12.7. The number of halogens is 3. The number of aryl methyl sites for hydroxylation is 1. The highest BCUT2D eigenvalue weighted by Gasteiger charge is 2.44. The molecule has 0 radical (unpaired) electrons. The van der Waals surface area contributed by atoms with E-state index in [0.717, 1.165) is 10.7 Å². The summed E-state index contributed by atoms with van der Waals surface area (Å²) < 4.78 is 42.2. The van der Waals surface area contributed by atoms with Crippen molar-refractivity contribution in [3.05, 3.63) is 36.3 Å². The number of hydrogen-bond donors (Lipinski definition) is 0. The Morgan fingerprint density at radius 2 is 2.06 bits per heavy atom. The second-order valence-electron chi connectivity index (χ2n) is 3.70. The summed E-state index contributed by atoms with van der Waals surface area (Å²) in [4.78, 5) is 4.08. The third-order valence-corrected chi connectivity index (χ3v) is 2.70. The summed E-state index contributed by atoms with van der Waals surface area (Å²) in [5, 5.41) is 0. The van der Waals surface area contributed by atoms with Gasteiger partial charge in [-0.3, -0.25) is 0 Å². The molecule has 0 bridgehead atoms. The molecule has 4 nitrogen and oxygen atoms in total. The fourth-order valence-electron chi connectivity index (χ4n) is 1.98. The van der Waals surface area contributed by atoms with Gasteiger partial charge in [0.2, 0.25) is 5.65 Å². The molecule has 17 heavy (non-hydrogen) atoms. The molecule has 0 fully saturated rings. The lowest BCUT2D eigenvalue weighted by Gasteiger charge is -1.96. The number of alkyl halides is 3. The van der Waals surface area contributed by atoms with Gasteiger partial charge in [0.05, 0.1) is 13.2 Å². The fourth-order valence-corrected chi connectivity index (χ4v) is 1.98. The number of fused-ring (bicyclic) bond motifs is 3. The first-order valence-electron chi connectivity index (χ1n) is 4.90. The second-order valence-corrected chi connectivity index (χ2v) is 3.70. The summed E-state index contributed by atoms with van der Waals surface area (Å²) in [6.07, 6.45) is -1.48. The largest absolute Gasteiger partial charge is 0.483 e. The van der Waals surface area contributed by atoms with E-state index in [2.05, 4.69) is 4.98 Å². The molecule has 3 rings (SSSR count). The number of pyridine rings is 1. The highest BCUT2D eigenvalue weighted by Crippen LogP contribution is 2.26. The Hall–Kier alpha value is -2.05. The molecule has 3 aromatic heterocycles. The van der Waals surface area contributed by atoms with Crippen LogP contribution in [-0.4, -0.2) is 14.2 Å². The minimum atomic E-state index is -4.39. The molecule has 0 saturated heterocycles. The summed E-state index contributed by atoms with van der Waals surface area (Å²) in [6.45, 7) is 0. The minimum absolute atomic E-state index is 0.491. The van der Waals surface area contributed by atoms with Gasteiger partial charge in [-0.05, 0) is 12.1 Å². The van der Waals surface area contributed by atoms with E-state index in [9.17, 15) is 13.2 Å². The van der Waals surface area contributed by atoms with E-state index in [4.69, 9.17) is 0 Å². The lowest BCUT2D eigenvalue weighted by molar-refractivity contribution is -0.711. The van der Waals surface area contributed by atoms with Gasteiger partial charge in [0, 0.05) is 16.9 Å². The highest BCUT2D eigenvalue weighted by molar-refractivity contribution is 5.68. The number of hydrogen-bond acceptors (Lipinski definition) is 1. The fraction of sp³-hybridized carbons (Fsp3) is 0.200. The van der Waals surface area contributed by atoms with E-state index >= 15 is 0 Å². The molecule has 0 atom stereocenters. The van der Waals surface area contributed by atoms with Crippen molar-refractivity contribution in [2.75, 3.05) is 0 Å². The van der Waals surface area contributed by atoms with Crippen LogP contribution in [0.2, 0.25) is 0 Å². The zero-order valence-corrected chi connectivity index (χ0v) is 8.81. The molecular weight excluding hydrogens is 233 g/mol. The van der Waals surface area contributed by atoms with Gasteiger partial charge in [-0.2, -0.15) is 13.2 Å². The predicted octanol–water partition coefficient (Wildman–Crippen LogP) is 1.43. The van der Waals surface area contributed by atoms with Crippen LogP contribution in [0.5, 0.6) is 0 Å². The Kier molecular flexibility index (Phi) is 1.78. The van der Waals surface area contributed by atoms with Crippen molar-refractivity contribution in [2.45, 2.75) is 6.18 Å². The molecule has 0 N–H and O–H groups in total. The topological polar surface area (TPSA) is 26.3 Å². The van der Waals surface area contributed by atoms with Crippen molar-refractivity contribution in [3.8, 4) is 0 Å². The molecule has 0 unspecified atom stereocenters. The number of rotatable bonds is 0. The third kappa shape index (κ3) is 1.25. The van der Waals surface area contributed by atoms with Gasteiger partial charge in [0.1, 0.15) is 0 Å². The molecular formula is C10H8F3N4+. The summed E-state index contributed by atoms with van der Waals surface area (Å²) in [5.41, 5.74) is 0.405. The van der Waals surface area contributed by atoms with Gasteiger partial charge in [-0.1, -0.05) is 4.52 Å². The molecule has 3 aromatic rings. The summed E-state index contributed by atoms with van der Waals surface area (Å²) in [6, 6.07) is 4.45. The van der Waals surface area contributed by atoms with Crippen LogP contribution >= 0.6 is 0 Å². The average molecular weight is 241 g/mol. The Morgan fingerprint density at radius 1 is 1.29 bits per heavy atom. The summed E-state index contributed by atoms with van der Waals surface area (Å²) in [5.74, 6) is 0. The van der Waals surface area contributed by atoms with Crippen molar-refractivity contribution in [1.29, 1.82) is 0 Å². The molecule has 7 heteroatoms. The smallest absolute Gasteiger partial charge is 0.232 e. The van der Waals surface area contributed by atoms with Gasteiger partial charge in [-0.25, -0.2) is 4.98 Å². The second kappa shape index (κ2) is 2.99. The molecule has 3 heterocycles. The van der Waals surface area contributed by atoms with E-state index in [0.29, 0.717) is 11.2 Å². The highest BCUT2D eigenvalue weighted by atomic mass is 19.4. The molecule has 0 aliphatic heterocycles. The number of aromatic nitrogens is 4. The SMILES string of the molecule is Cn1c2cccnc2n2ccc(C(F)(F)F)[n+]12. The van der Waals surface area contributed by atoms with Crippen LogP contribution in [-0.2, 0) is 13.2 Å². The Bertz CT molecular complexity index is 707. The van der Waals surface area contributed by atoms with E-state index in [1.807, 2.05) is 0 Å². The van der Waals surface area contributed by atoms with Crippen LogP contribution in [0, 0.1) is 0 Å². The van der Waals surface area contributed by atoms with Crippen LogP contribution in [0.3, 0.4) is 0 Å². The van der Waals surface area contributed by atoms with Gasteiger partial charge >= 0.3 is 11.9 Å². The molecule has 0 amide bonds. The quantitative estimate of drug-likeness (QED) is 0.547. The van der Waals surface area contributed by atoms with Gasteiger partial charge < -0.3 is 0 Å². The minimum Gasteiger partial charge on any atom is -0.232 e. The summed E-state index contributed by atoms with van der Waals surface area (Å²) in [7, 11) is 1.57. The lowest BCUT2D eigenvalue weighted by atomic mass is 10.4. The lowest BCUT2D eigenvalue weighted by Crippen LogP contribution is -2.41. The van der Waals surface area contributed by atoms with Crippen LogP contribution in [0.1, 0.15) is 5.69 Å². The molecule has 0 spiro atoms. The first-order valence-corrected chi connectivity index (χ1v) is 4.90. The van der Waals surface area contributed by atoms with Crippen molar-refractivity contribution in [2.24, 2.45) is 7.05 Å². The van der Waals surface area contributed by atoms with Crippen molar-refractivity contribution < 1.29 is 17.8 Å². The van der Waals surface area contributed by atoms with Crippen molar-refractivity contribution >= 4 is 11.2 Å². The van der Waals surface area contributed by atoms with E-state index < -0.39 is 11.9 Å². The molecule has 0 saturated carbocycles. The molecule has 0 aliphatic rings. The molecule has 88 valence electrons. The zero-order chi connectivity index (χ0) is 12.2. The molecule has 0 aromatic carbocycles. The van der Waals surface area contributed by atoms with E-state index in [1.165, 1.54) is 15.4 Å². The van der Waals surface area contributed by atoms with Crippen LogP contribution < -0.4 is 4.63 Å². The Labute approximate surface area is 93.5 Å².